The average Bonchev–Trinajstić information content (AvgIpc) is 2.55. The number of halogens is 1. The van der Waals surface area contributed by atoms with Crippen molar-refractivity contribution < 1.29 is 9.18 Å². The van der Waals surface area contributed by atoms with Crippen LogP contribution >= 0.6 is 0 Å². The maximum Gasteiger partial charge on any atom is 0.245 e. The first-order valence-corrected chi connectivity index (χ1v) is 8.70. The summed E-state index contributed by atoms with van der Waals surface area (Å²) < 4.78 is 13.7. The van der Waals surface area contributed by atoms with Gasteiger partial charge in [-0.3, -0.25) is 9.69 Å². The third kappa shape index (κ3) is 4.74. The van der Waals surface area contributed by atoms with Gasteiger partial charge >= 0.3 is 0 Å². The molecule has 0 bridgehead atoms. The molecule has 0 saturated carbocycles. The molecule has 0 atom stereocenters. The predicted octanol–water partition coefficient (Wildman–Crippen LogP) is 2.60. The van der Waals surface area contributed by atoms with Gasteiger partial charge in [0.2, 0.25) is 5.91 Å². The van der Waals surface area contributed by atoms with Crippen LogP contribution in [0.4, 0.5) is 10.2 Å². The minimum absolute atomic E-state index is 0.00820. The Hall–Kier alpha value is -1.53. The van der Waals surface area contributed by atoms with Crippen LogP contribution in [-0.4, -0.2) is 59.0 Å². The van der Waals surface area contributed by atoms with Crippen LogP contribution in [0.5, 0.6) is 0 Å². The average molecular weight is 336 g/mol. The highest BCUT2D eigenvalue weighted by molar-refractivity contribution is 5.96. The zero-order valence-corrected chi connectivity index (χ0v) is 15.2. The molecule has 24 heavy (non-hydrogen) atoms. The number of amides is 1. The lowest BCUT2D eigenvalue weighted by Crippen LogP contribution is -2.59. The Kier molecular flexibility index (Phi) is 6.29. The van der Waals surface area contributed by atoms with Crippen LogP contribution in [0.1, 0.15) is 34.1 Å². The molecular weight excluding hydrogens is 307 g/mol. The number of hydrogen-bond donors (Lipinski definition) is 1. The van der Waals surface area contributed by atoms with E-state index in [-0.39, 0.29) is 11.7 Å². The van der Waals surface area contributed by atoms with Crippen molar-refractivity contribution in [3.8, 4) is 0 Å². The molecule has 1 fully saturated rings. The third-order valence-electron chi connectivity index (χ3n) is 4.73. The van der Waals surface area contributed by atoms with Gasteiger partial charge in [0.15, 0.2) is 11.6 Å². The maximum absolute atomic E-state index is 13.7. The van der Waals surface area contributed by atoms with Crippen LogP contribution < -0.4 is 5.32 Å². The SMILES string of the molecule is CC(C)CCN1CCN(C(C)(C)C(=O)Nc2ncccc2F)CC1. The first kappa shape index (κ1) is 18.8. The number of anilines is 1. The van der Waals surface area contributed by atoms with Crippen molar-refractivity contribution in [3.63, 3.8) is 0 Å². The van der Waals surface area contributed by atoms with Gasteiger partial charge in [-0.05, 0) is 44.9 Å². The first-order chi connectivity index (χ1) is 11.3. The summed E-state index contributed by atoms with van der Waals surface area (Å²) in [5.41, 5.74) is -0.700. The second-order valence-corrected chi connectivity index (χ2v) is 7.36. The maximum atomic E-state index is 13.7. The van der Waals surface area contributed by atoms with Gasteiger partial charge in [0, 0.05) is 32.4 Å². The van der Waals surface area contributed by atoms with Crippen molar-refractivity contribution in [2.45, 2.75) is 39.7 Å². The van der Waals surface area contributed by atoms with E-state index in [1.54, 1.807) is 0 Å². The Bertz CT molecular complexity index is 554. The van der Waals surface area contributed by atoms with Crippen LogP contribution in [0, 0.1) is 11.7 Å². The first-order valence-electron chi connectivity index (χ1n) is 8.70. The summed E-state index contributed by atoms with van der Waals surface area (Å²) in [7, 11) is 0. The zero-order valence-electron chi connectivity index (χ0n) is 15.2. The fraction of sp³-hybridized carbons (Fsp3) is 0.667. The summed E-state index contributed by atoms with van der Waals surface area (Å²) in [6, 6.07) is 2.80. The van der Waals surface area contributed by atoms with E-state index in [1.165, 1.54) is 24.8 Å². The van der Waals surface area contributed by atoms with Crippen LogP contribution in [0.15, 0.2) is 18.3 Å². The number of nitrogens with one attached hydrogen (secondary N) is 1. The quantitative estimate of drug-likeness (QED) is 0.867. The van der Waals surface area contributed by atoms with Crippen molar-refractivity contribution in [1.29, 1.82) is 0 Å². The lowest BCUT2D eigenvalue weighted by molar-refractivity contribution is -0.127. The lowest BCUT2D eigenvalue weighted by Gasteiger charge is -2.43. The molecular formula is C18H29FN4O. The Labute approximate surface area is 144 Å². The Balaban J connectivity index is 1.91. The third-order valence-corrected chi connectivity index (χ3v) is 4.73. The molecule has 0 aromatic carbocycles. The van der Waals surface area contributed by atoms with E-state index in [2.05, 4.69) is 33.9 Å². The van der Waals surface area contributed by atoms with E-state index in [4.69, 9.17) is 0 Å². The topological polar surface area (TPSA) is 48.5 Å². The molecule has 0 unspecified atom stereocenters. The Morgan fingerprint density at radius 2 is 2.00 bits per heavy atom. The molecule has 1 aliphatic heterocycles. The van der Waals surface area contributed by atoms with Gasteiger partial charge in [0.05, 0.1) is 5.54 Å². The van der Waals surface area contributed by atoms with Gasteiger partial charge in [-0.15, -0.1) is 0 Å². The van der Waals surface area contributed by atoms with Gasteiger partial charge < -0.3 is 10.2 Å². The highest BCUT2D eigenvalue weighted by atomic mass is 19.1. The summed E-state index contributed by atoms with van der Waals surface area (Å²) >= 11 is 0. The number of hydrogen-bond acceptors (Lipinski definition) is 4. The summed E-state index contributed by atoms with van der Waals surface area (Å²) in [5.74, 6) is -0.0412. The molecule has 1 amide bonds. The lowest BCUT2D eigenvalue weighted by atomic mass is 10.00. The van der Waals surface area contributed by atoms with Gasteiger partial charge in [0.1, 0.15) is 0 Å². The van der Waals surface area contributed by atoms with E-state index in [0.717, 1.165) is 32.7 Å². The fourth-order valence-corrected chi connectivity index (χ4v) is 2.85. The molecule has 0 spiro atoms. The molecule has 5 nitrogen and oxygen atoms in total. The number of carbonyl (C=O) groups excluding carboxylic acids is 1. The van der Waals surface area contributed by atoms with Crippen LogP contribution in [0.25, 0.3) is 0 Å². The van der Waals surface area contributed by atoms with E-state index >= 15 is 0 Å². The zero-order chi connectivity index (χ0) is 17.7. The fourth-order valence-electron chi connectivity index (χ4n) is 2.85. The Morgan fingerprint density at radius 3 is 2.58 bits per heavy atom. The van der Waals surface area contributed by atoms with Crippen molar-refractivity contribution in [1.82, 2.24) is 14.8 Å². The van der Waals surface area contributed by atoms with Crippen molar-refractivity contribution in [2.75, 3.05) is 38.0 Å². The number of rotatable bonds is 6. The molecule has 6 heteroatoms. The normalized spacial score (nSPS) is 17.2. The summed E-state index contributed by atoms with van der Waals surface area (Å²) in [4.78, 5) is 21.1. The molecule has 2 rings (SSSR count). The minimum atomic E-state index is -0.700. The molecule has 1 N–H and O–H groups in total. The summed E-state index contributed by atoms with van der Waals surface area (Å²) in [6.45, 7) is 12.9. The van der Waals surface area contributed by atoms with Gasteiger partial charge in [-0.1, -0.05) is 13.8 Å². The number of pyridine rings is 1. The molecule has 1 aromatic rings. The van der Waals surface area contributed by atoms with Crippen LogP contribution in [0.3, 0.4) is 0 Å². The van der Waals surface area contributed by atoms with Crippen molar-refractivity contribution in [2.24, 2.45) is 5.92 Å². The molecule has 2 heterocycles. The Morgan fingerprint density at radius 1 is 1.33 bits per heavy atom. The van der Waals surface area contributed by atoms with Gasteiger partial charge in [-0.2, -0.15) is 0 Å². The number of aromatic nitrogens is 1. The molecule has 134 valence electrons. The van der Waals surface area contributed by atoms with Crippen molar-refractivity contribution >= 4 is 11.7 Å². The monoisotopic (exact) mass is 336 g/mol. The second-order valence-electron chi connectivity index (χ2n) is 7.36. The summed E-state index contributed by atoms with van der Waals surface area (Å²) in [5, 5.41) is 2.62. The standard InChI is InChI=1S/C18H29FN4O/c1-14(2)7-9-22-10-12-23(13-11-22)18(3,4)17(24)21-16-15(19)6-5-8-20-16/h5-6,8,14H,7,9-13H2,1-4H3,(H,20,21,24). The molecule has 1 aromatic heterocycles. The molecule has 0 aliphatic carbocycles. The smallest absolute Gasteiger partial charge is 0.245 e. The number of piperazine rings is 1. The van der Waals surface area contributed by atoms with Crippen LogP contribution in [0.2, 0.25) is 0 Å². The molecule has 1 aliphatic rings. The predicted molar refractivity (Wildman–Crippen MR) is 94.4 cm³/mol. The highest BCUT2D eigenvalue weighted by Crippen LogP contribution is 2.20. The van der Waals surface area contributed by atoms with E-state index in [0.29, 0.717) is 5.92 Å². The number of carbonyl (C=O) groups is 1. The number of nitrogens with zero attached hydrogens (tertiary/aromatic N) is 3. The largest absolute Gasteiger partial charge is 0.307 e. The van der Waals surface area contributed by atoms with Gasteiger partial charge in [0.25, 0.3) is 0 Å². The highest BCUT2D eigenvalue weighted by Gasteiger charge is 2.36. The van der Waals surface area contributed by atoms with E-state index < -0.39 is 11.4 Å². The second kappa shape index (κ2) is 8.03. The molecule has 1 saturated heterocycles. The van der Waals surface area contributed by atoms with Crippen molar-refractivity contribution in [3.05, 3.63) is 24.1 Å². The summed E-state index contributed by atoms with van der Waals surface area (Å²) in [6.07, 6.45) is 2.67. The van der Waals surface area contributed by atoms with Gasteiger partial charge in [-0.25, -0.2) is 9.37 Å². The van der Waals surface area contributed by atoms with Crippen LogP contribution in [-0.2, 0) is 4.79 Å². The van der Waals surface area contributed by atoms with E-state index in [1.807, 2.05) is 13.8 Å². The minimum Gasteiger partial charge on any atom is -0.307 e. The van der Waals surface area contributed by atoms with E-state index in [9.17, 15) is 9.18 Å². The molecule has 0 radical (unpaired) electrons.